The molecule has 1 fully saturated rings. The predicted octanol–water partition coefficient (Wildman–Crippen LogP) is 1.33. The van der Waals surface area contributed by atoms with Gasteiger partial charge in [-0.1, -0.05) is 6.07 Å². The molecule has 2 unspecified atom stereocenters. The Kier molecular flexibility index (Phi) is 3.97. The van der Waals surface area contributed by atoms with Crippen molar-refractivity contribution < 1.29 is 5.11 Å². The van der Waals surface area contributed by atoms with Crippen molar-refractivity contribution in [2.45, 2.75) is 26.0 Å². The van der Waals surface area contributed by atoms with E-state index in [1.54, 1.807) is 0 Å². The monoisotopic (exact) mass is 235 g/mol. The van der Waals surface area contributed by atoms with Gasteiger partial charge in [0.1, 0.15) is 5.82 Å². The molecule has 2 N–H and O–H groups in total. The predicted molar refractivity (Wildman–Crippen MR) is 68.8 cm³/mol. The molecule has 4 heteroatoms. The van der Waals surface area contributed by atoms with Gasteiger partial charge in [0.25, 0.3) is 0 Å². The van der Waals surface area contributed by atoms with Gasteiger partial charge in [-0.15, -0.1) is 0 Å². The number of nitrogens with zero attached hydrogens (tertiary/aromatic N) is 2. The molecule has 0 saturated carbocycles. The summed E-state index contributed by atoms with van der Waals surface area (Å²) < 4.78 is 0. The fraction of sp³-hybridized carbons (Fsp3) is 0.615. The van der Waals surface area contributed by atoms with Crippen LogP contribution in [0.1, 0.15) is 18.9 Å². The molecule has 94 valence electrons. The van der Waals surface area contributed by atoms with E-state index in [1.165, 1.54) is 5.56 Å². The van der Waals surface area contributed by atoms with Crippen molar-refractivity contribution in [2.75, 3.05) is 25.5 Å². The molecule has 0 aromatic carbocycles. The summed E-state index contributed by atoms with van der Waals surface area (Å²) in [4.78, 5) is 6.69. The lowest BCUT2D eigenvalue weighted by molar-refractivity contribution is 0.127. The van der Waals surface area contributed by atoms with Crippen LogP contribution in [0.4, 0.5) is 5.82 Å². The molecule has 0 amide bonds. The first-order valence-corrected chi connectivity index (χ1v) is 6.22. The van der Waals surface area contributed by atoms with Crippen LogP contribution in [-0.4, -0.2) is 41.2 Å². The van der Waals surface area contributed by atoms with Crippen molar-refractivity contribution in [1.82, 2.24) is 9.88 Å². The first-order chi connectivity index (χ1) is 8.19. The molecule has 0 aliphatic carbocycles. The third-order valence-corrected chi connectivity index (χ3v) is 3.48. The molecule has 1 aliphatic rings. The number of likely N-dealkylation sites (tertiary alicyclic amines) is 1. The fourth-order valence-electron chi connectivity index (χ4n) is 2.32. The summed E-state index contributed by atoms with van der Waals surface area (Å²) in [5.74, 6) is 1.33. The van der Waals surface area contributed by atoms with E-state index in [2.05, 4.69) is 21.3 Å². The normalized spacial score (nSPS) is 22.6. The van der Waals surface area contributed by atoms with Gasteiger partial charge in [-0.05, 0) is 37.4 Å². The van der Waals surface area contributed by atoms with Crippen molar-refractivity contribution in [3.05, 3.63) is 23.9 Å². The van der Waals surface area contributed by atoms with Crippen molar-refractivity contribution in [1.29, 1.82) is 0 Å². The summed E-state index contributed by atoms with van der Waals surface area (Å²) in [5, 5.41) is 12.6. The zero-order valence-corrected chi connectivity index (χ0v) is 10.6. The molecule has 1 aromatic heterocycles. The van der Waals surface area contributed by atoms with Crippen LogP contribution in [-0.2, 0) is 6.54 Å². The van der Waals surface area contributed by atoms with Crippen molar-refractivity contribution in [3.8, 4) is 0 Å². The van der Waals surface area contributed by atoms with Gasteiger partial charge in [0.2, 0.25) is 0 Å². The summed E-state index contributed by atoms with van der Waals surface area (Å²) >= 11 is 0. The molecule has 0 spiro atoms. The van der Waals surface area contributed by atoms with Gasteiger partial charge in [0.15, 0.2) is 0 Å². The van der Waals surface area contributed by atoms with E-state index in [0.29, 0.717) is 5.92 Å². The number of nitrogens with one attached hydrogen (secondary N) is 1. The molecule has 4 nitrogen and oxygen atoms in total. The van der Waals surface area contributed by atoms with E-state index < -0.39 is 0 Å². The number of aliphatic hydroxyl groups is 1. The molecule has 1 saturated heterocycles. The van der Waals surface area contributed by atoms with Gasteiger partial charge >= 0.3 is 0 Å². The van der Waals surface area contributed by atoms with Gasteiger partial charge in [-0.3, -0.25) is 4.90 Å². The highest BCUT2D eigenvalue weighted by molar-refractivity contribution is 5.34. The highest BCUT2D eigenvalue weighted by atomic mass is 16.3. The summed E-state index contributed by atoms with van der Waals surface area (Å²) in [7, 11) is 1.87. The minimum atomic E-state index is -0.190. The molecule has 1 aliphatic heterocycles. The molecule has 0 bridgehead atoms. The van der Waals surface area contributed by atoms with E-state index in [1.807, 2.05) is 26.2 Å². The fourth-order valence-corrected chi connectivity index (χ4v) is 2.32. The second kappa shape index (κ2) is 5.47. The van der Waals surface area contributed by atoms with Crippen LogP contribution < -0.4 is 5.32 Å². The maximum atomic E-state index is 9.56. The zero-order chi connectivity index (χ0) is 12.3. The number of anilines is 1. The van der Waals surface area contributed by atoms with Gasteiger partial charge in [0, 0.05) is 26.3 Å². The summed E-state index contributed by atoms with van der Waals surface area (Å²) in [6.45, 7) is 4.88. The lowest BCUT2D eigenvalue weighted by atomic mass is 10.0. The van der Waals surface area contributed by atoms with Crippen LogP contribution in [0.5, 0.6) is 0 Å². The molecule has 0 radical (unpaired) electrons. The summed E-state index contributed by atoms with van der Waals surface area (Å²) in [6.07, 6.45) is 2.83. The van der Waals surface area contributed by atoms with Crippen LogP contribution in [0.2, 0.25) is 0 Å². The Bertz CT molecular complexity index is 350. The molecule has 2 atom stereocenters. The summed E-state index contributed by atoms with van der Waals surface area (Å²) in [6, 6.07) is 4.10. The topological polar surface area (TPSA) is 48.4 Å². The Morgan fingerprint density at radius 1 is 1.59 bits per heavy atom. The van der Waals surface area contributed by atoms with Crippen LogP contribution in [0.25, 0.3) is 0 Å². The van der Waals surface area contributed by atoms with E-state index >= 15 is 0 Å². The van der Waals surface area contributed by atoms with E-state index in [-0.39, 0.29) is 6.10 Å². The molecular weight excluding hydrogens is 214 g/mol. The number of rotatable bonds is 4. The molecule has 2 rings (SSSR count). The highest BCUT2D eigenvalue weighted by Crippen LogP contribution is 2.21. The van der Waals surface area contributed by atoms with Crippen LogP contribution in [0.15, 0.2) is 18.3 Å². The van der Waals surface area contributed by atoms with Crippen LogP contribution >= 0.6 is 0 Å². The third-order valence-electron chi connectivity index (χ3n) is 3.48. The van der Waals surface area contributed by atoms with Crippen LogP contribution in [0.3, 0.4) is 0 Å². The first kappa shape index (κ1) is 12.3. The largest absolute Gasteiger partial charge is 0.393 e. The molecule has 17 heavy (non-hydrogen) atoms. The number of aliphatic hydroxyl groups excluding tert-OH is 1. The lowest BCUT2D eigenvalue weighted by Gasteiger charge is -2.17. The SMILES string of the molecule is CNc1ccc(CN2CCC(C(C)O)C2)cn1. The van der Waals surface area contributed by atoms with Gasteiger partial charge in [0.05, 0.1) is 6.10 Å². The molecule has 1 aromatic rings. The van der Waals surface area contributed by atoms with Gasteiger partial charge in [-0.2, -0.15) is 0 Å². The number of pyridine rings is 1. The van der Waals surface area contributed by atoms with Crippen molar-refractivity contribution >= 4 is 5.82 Å². The Morgan fingerprint density at radius 2 is 2.41 bits per heavy atom. The minimum absolute atomic E-state index is 0.190. The first-order valence-electron chi connectivity index (χ1n) is 6.22. The smallest absolute Gasteiger partial charge is 0.125 e. The maximum Gasteiger partial charge on any atom is 0.125 e. The van der Waals surface area contributed by atoms with Gasteiger partial charge in [-0.25, -0.2) is 4.98 Å². The third kappa shape index (κ3) is 3.17. The Hall–Kier alpha value is -1.13. The minimum Gasteiger partial charge on any atom is -0.393 e. The highest BCUT2D eigenvalue weighted by Gasteiger charge is 2.25. The second-order valence-electron chi connectivity index (χ2n) is 4.83. The second-order valence-corrected chi connectivity index (χ2v) is 4.83. The van der Waals surface area contributed by atoms with E-state index in [9.17, 15) is 5.11 Å². The quantitative estimate of drug-likeness (QED) is 0.826. The maximum absolute atomic E-state index is 9.56. The lowest BCUT2D eigenvalue weighted by Crippen LogP contribution is -2.24. The standard InChI is InChI=1S/C13H21N3O/c1-10(17)12-5-6-16(9-12)8-11-3-4-13(14-2)15-7-11/h3-4,7,10,12,17H,5-6,8-9H2,1-2H3,(H,14,15). The number of hydrogen-bond donors (Lipinski definition) is 2. The van der Waals surface area contributed by atoms with E-state index in [4.69, 9.17) is 0 Å². The van der Waals surface area contributed by atoms with Crippen LogP contribution in [0, 0.1) is 5.92 Å². The molecular formula is C13H21N3O. The number of hydrogen-bond acceptors (Lipinski definition) is 4. The Labute approximate surface area is 103 Å². The molecule has 2 heterocycles. The van der Waals surface area contributed by atoms with E-state index in [0.717, 1.165) is 31.9 Å². The average molecular weight is 235 g/mol. The zero-order valence-electron chi connectivity index (χ0n) is 10.6. The Balaban J connectivity index is 1.89. The van der Waals surface area contributed by atoms with Crippen molar-refractivity contribution in [2.24, 2.45) is 5.92 Å². The van der Waals surface area contributed by atoms with Crippen molar-refractivity contribution in [3.63, 3.8) is 0 Å². The number of aromatic nitrogens is 1. The van der Waals surface area contributed by atoms with Gasteiger partial charge < -0.3 is 10.4 Å². The summed E-state index contributed by atoms with van der Waals surface area (Å²) in [5.41, 5.74) is 1.23. The average Bonchev–Trinajstić information content (AvgIpc) is 2.79. The Morgan fingerprint density at radius 3 is 2.94 bits per heavy atom.